The number of hydrogen-bond donors (Lipinski definition) is 0. The monoisotopic (exact) mass is 342 g/mol. The molecular formula is C22H18N2O2. The van der Waals surface area contributed by atoms with Gasteiger partial charge in [-0.2, -0.15) is 0 Å². The van der Waals surface area contributed by atoms with Gasteiger partial charge >= 0.3 is 11.1 Å². The zero-order valence-corrected chi connectivity index (χ0v) is 14.4. The lowest BCUT2D eigenvalue weighted by Crippen LogP contribution is -2.40. The molecule has 0 unspecified atom stereocenters. The maximum absolute atomic E-state index is 12.7. The fraction of sp³-hybridized carbons (Fsp3) is 0.0909. The largest absolute Gasteiger partial charge is 0.321 e. The Labute approximate surface area is 150 Å². The van der Waals surface area contributed by atoms with Crippen LogP contribution in [0.25, 0.3) is 16.5 Å². The van der Waals surface area contributed by atoms with Gasteiger partial charge in [-0.1, -0.05) is 66.2 Å². The molecule has 0 atom stereocenters. The summed E-state index contributed by atoms with van der Waals surface area (Å²) in [5.74, 6) is 0. The Bertz CT molecular complexity index is 1210. The van der Waals surface area contributed by atoms with Crippen LogP contribution in [0, 0.1) is 6.92 Å². The maximum Gasteiger partial charge on any atom is 0.321 e. The molecule has 1 heterocycles. The molecule has 26 heavy (non-hydrogen) atoms. The third kappa shape index (κ3) is 2.86. The summed E-state index contributed by atoms with van der Waals surface area (Å²) in [7, 11) is 0. The van der Waals surface area contributed by atoms with Crippen LogP contribution in [-0.4, -0.2) is 9.13 Å². The lowest BCUT2D eigenvalue weighted by Gasteiger charge is -2.11. The van der Waals surface area contributed by atoms with Gasteiger partial charge < -0.3 is 4.57 Å². The molecule has 0 fully saturated rings. The van der Waals surface area contributed by atoms with Crippen molar-refractivity contribution < 1.29 is 0 Å². The van der Waals surface area contributed by atoms with E-state index >= 15 is 0 Å². The van der Waals surface area contributed by atoms with Gasteiger partial charge in [0.25, 0.3) is 0 Å². The maximum atomic E-state index is 12.7. The van der Waals surface area contributed by atoms with Gasteiger partial charge in [0.15, 0.2) is 0 Å². The van der Waals surface area contributed by atoms with E-state index in [1.54, 1.807) is 12.4 Å². The molecule has 0 saturated carbocycles. The van der Waals surface area contributed by atoms with Gasteiger partial charge in [0, 0.05) is 17.8 Å². The first-order chi connectivity index (χ1) is 12.6. The molecule has 0 N–H and O–H groups in total. The number of hydrogen-bond acceptors (Lipinski definition) is 2. The standard InChI is InChI=1S/C22H18N2O2/c1-16-6-4-7-17(14-16)15-23-12-13-24(22(26)21(23)25)20-11-5-9-18-8-2-3-10-19(18)20/h2-14H,15H2,1H3. The van der Waals surface area contributed by atoms with Crippen molar-refractivity contribution in [2.24, 2.45) is 0 Å². The number of fused-ring (bicyclic) bond motifs is 1. The van der Waals surface area contributed by atoms with E-state index in [4.69, 9.17) is 0 Å². The summed E-state index contributed by atoms with van der Waals surface area (Å²) in [6, 6.07) is 21.5. The summed E-state index contributed by atoms with van der Waals surface area (Å²) >= 11 is 0. The van der Waals surface area contributed by atoms with Gasteiger partial charge in [-0.3, -0.25) is 14.2 Å². The minimum absolute atomic E-state index is 0.381. The van der Waals surface area contributed by atoms with Crippen molar-refractivity contribution in [2.75, 3.05) is 0 Å². The molecule has 4 aromatic rings. The second kappa shape index (κ2) is 6.48. The van der Waals surface area contributed by atoms with Crippen molar-refractivity contribution in [3.8, 4) is 5.69 Å². The first-order valence-corrected chi connectivity index (χ1v) is 8.49. The molecule has 0 aliphatic heterocycles. The predicted octanol–water partition coefficient (Wildman–Crippen LogP) is 3.51. The third-order valence-electron chi connectivity index (χ3n) is 4.52. The fourth-order valence-corrected chi connectivity index (χ4v) is 3.25. The van der Waals surface area contributed by atoms with Gasteiger partial charge in [0.1, 0.15) is 0 Å². The second-order valence-electron chi connectivity index (χ2n) is 6.39. The van der Waals surface area contributed by atoms with Gasteiger partial charge in [0.2, 0.25) is 0 Å². The highest BCUT2D eigenvalue weighted by atomic mass is 16.2. The number of aromatic nitrogens is 2. The number of nitrogens with zero attached hydrogens (tertiary/aromatic N) is 2. The molecule has 0 aliphatic rings. The van der Waals surface area contributed by atoms with Gasteiger partial charge in [-0.15, -0.1) is 0 Å². The summed E-state index contributed by atoms with van der Waals surface area (Å²) in [5, 5.41) is 1.97. The minimum Gasteiger partial charge on any atom is -0.305 e. The van der Waals surface area contributed by atoms with Crippen LogP contribution in [0.2, 0.25) is 0 Å². The van der Waals surface area contributed by atoms with E-state index in [-0.39, 0.29) is 0 Å². The van der Waals surface area contributed by atoms with Gasteiger partial charge in [-0.25, -0.2) is 0 Å². The Morgan fingerprint density at radius 2 is 1.58 bits per heavy atom. The average Bonchev–Trinajstić information content (AvgIpc) is 2.65. The molecule has 128 valence electrons. The summed E-state index contributed by atoms with van der Waals surface area (Å²) in [6.45, 7) is 2.39. The molecule has 0 saturated heterocycles. The topological polar surface area (TPSA) is 44.0 Å². The molecule has 4 nitrogen and oxygen atoms in total. The summed E-state index contributed by atoms with van der Waals surface area (Å²) in [4.78, 5) is 25.3. The molecule has 4 rings (SSSR count). The van der Waals surface area contributed by atoms with E-state index in [0.29, 0.717) is 12.2 Å². The number of aryl methyl sites for hydroxylation is 1. The summed E-state index contributed by atoms with van der Waals surface area (Å²) < 4.78 is 2.89. The van der Waals surface area contributed by atoms with Crippen LogP contribution in [0.15, 0.2) is 88.7 Å². The fourth-order valence-electron chi connectivity index (χ4n) is 3.25. The van der Waals surface area contributed by atoms with E-state index in [0.717, 1.165) is 21.9 Å². The molecule has 0 bridgehead atoms. The first-order valence-electron chi connectivity index (χ1n) is 8.49. The van der Waals surface area contributed by atoms with Crippen LogP contribution in [-0.2, 0) is 6.54 Å². The van der Waals surface area contributed by atoms with E-state index < -0.39 is 11.1 Å². The normalized spacial score (nSPS) is 11.0. The zero-order valence-electron chi connectivity index (χ0n) is 14.4. The smallest absolute Gasteiger partial charge is 0.305 e. The summed E-state index contributed by atoms with van der Waals surface area (Å²) in [5.41, 5.74) is 1.76. The van der Waals surface area contributed by atoms with Crippen LogP contribution >= 0.6 is 0 Å². The first kappa shape index (κ1) is 16.1. The SMILES string of the molecule is Cc1cccc(Cn2ccn(-c3cccc4ccccc34)c(=O)c2=O)c1. The van der Waals surface area contributed by atoms with Gasteiger partial charge in [0.05, 0.1) is 12.2 Å². The van der Waals surface area contributed by atoms with Crippen molar-refractivity contribution in [3.05, 3.63) is 111 Å². The molecule has 4 heteroatoms. The van der Waals surface area contributed by atoms with Crippen LogP contribution in [0.4, 0.5) is 0 Å². The Morgan fingerprint density at radius 3 is 2.42 bits per heavy atom. The highest BCUT2D eigenvalue weighted by molar-refractivity contribution is 5.90. The van der Waals surface area contributed by atoms with Crippen LogP contribution in [0.1, 0.15) is 11.1 Å². The molecule has 0 spiro atoms. The van der Waals surface area contributed by atoms with Crippen molar-refractivity contribution in [2.45, 2.75) is 13.5 Å². The van der Waals surface area contributed by atoms with E-state index in [1.807, 2.05) is 73.7 Å². The van der Waals surface area contributed by atoms with Crippen LogP contribution in [0.5, 0.6) is 0 Å². The molecular weight excluding hydrogens is 324 g/mol. The van der Waals surface area contributed by atoms with Crippen LogP contribution < -0.4 is 11.1 Å². The highest BCUT2D eigenvalue weighted by Crippen LogP contribution is 2.20. The molecule has 3 aromatic carbocycles. The quantitative estimate of drug-likeness (QED) is 0.535. The Hall–Kier alpha value is -3.40. The number of benzene rings is 3. The molecule has 0 radical (unpaired) electrons. The Morgan fingerprint density at radius 1 is 0.808 bits per heavy atom. The Balaban J connectivity index is 1.82. The van der Waals surface area contributed by atoms with Crippen LogP contribution in [0.3, 0.4) is 0 Å². The van der Waals surface area contributed by atoms with E-state index in [1.165, 1.54) is 9.13 Å². The van der Waals surface area contributed by atoms with Crippen molar-refractivity contribution in [1.82, 2.24) is 9.13 Å². The lowest BCUT2D eigenvalue weighted by molar-refractivity contribution is 0.718. The van der Waals surface area contributed by atoms with Crippen molar-refractivity contribution in [3.63, 3.8) is 0 Å². The van der Waals surface area contributed by atoms with Crippen molar-refractivity contribution >= 4 is 10.8 Å². The Kier molecular flexibility index (Phi) is 4.01. The summed E-state index contributed by atoms with van der Waals surface area (Å²) in [6.07, 6.45) is 3.34. The third-order valence-corrected chi connectivity index (χ3v) is 4.52. The molecule has 1 aromatic heterocycles. The lowest BCUT2D eigenvalue weighted by atomic mass is 10.1. The second-order valence-corrected chi connectivity index (χ2v) is 6.39. The average molecular weight is 342 g/mol. The minimum atomic E-state index is -0.545. The predicted molar refractivity (Wildman–Crippen MR) is 104 cm³/mol. The van der Waals surface area contributed by atoms with Crippen molar-refractivity contribution in [1.29, 1.82) is 0 Å². The van der Waals surface area contributed by atoms with Gasteiger partial charge in [-0.05, 0) is 23.9 Å². The van der Waals surface area contributed by atoms with E-state index in [2.05, 4.69) is 0 Å². The number of rotatable bonds is 3. The molecule has 0 aliphatic carbocycles. The zero-order chi connectivity index (χ0) is 18.1. The van der Waals surface area contributed by atoms with E-state index in [9.17, 15) is 9.59 Å². The molecule has 0 amide bonds. The highest BCUT2D eigenvalue weighted by Gasteiger charge is 2.09.